The topological polar surface area (TPSA) is 35.9 Å². The Balaban J connectivity index is 1.87. The van der Waals surface area contributed by atoms with Gasteiger partial charge in [0.1, 0.15) is 5.75 Å². The van der Waals surface area contributed by atoms with Crippen molar-refractivity contribution in [2.45, 2.75) is 19.1 Å². The molecule has 1 aromatic carbocycles. The van der Waals surface area contributed by atoms with E-state index in [9.17, 15) is 5.11 Å². The van der Waals surface area contributed by atoms with Gasteiger partial charge in [-0.2, -0.15) is 0 Å². The Kier molecular flexibility index (Phi) is 3.48. The molecule has 0 radical (unpaired) electrons. The van der Waals surface area contributed by atoms with Crippen LogP contribution >= 0.6 is 0 Å². The van der Waals surface area contributed by atoms with Crippen LogP contribution in [0.4, 0.5) is 0 Å². The number of hydrogen-bond donors (Lipinski definition) is 1. The summed E-state index contributed by atoms with van der Waals surface area (Å²) < 4.78 is 5.40. The summed E-state index contributed by atoms with van der Waals surface area (Å²) >= 11 is 0. The van der Waals surface area contributed by atoms with Gasteiger partial charge in [-0.3, -0.25) is 9.80 Å². The number of fused-ring (bicyclic) bond motifs is 3. The summed E-state index contributed by atoms with van der Waals surface area (Å²) in [6.07, 6.45) is -0.474. The third-order valence-electron chi connectivity index (χ3n) is 4.39. The second-order valence-corrected chi connectivity index (χ2v) is 5.59. The van der Waals surface area contributed by atoms with E-state index in [0.29, 0.717) is 0 Å². The van der Waals surface area contributed by atoms with E-state index in [1.807, 2.05) is 25.1 Å². The standard InChI is InChI=1S/C15H22N2O2/c1-11-3-4-14(19-2)12(9-11)15(18)13-10-16-5-7-17(13)8-6-16/h3-4,9,13,15,18H,5-8,10H2,1-2H3. The Bertz CT molecular complexity index is 455. The lowest BCUT2D eigenvalue weighted by Crippen LogP contribution is -2.62. The van der Waals surface area contributed by atoms with Crippen LogP contribution in [-0.4, -0.2) is 60.8 Å². The van der Waals surface area contributed by atoms with Gasteiger partial charge in [0.05, 0.1) is 19.3 Å². The first kappa shape index (κ1) is 12.9. The van der Waals surface area contributed by atoms with Crippen molar-refractivity contribution in [2.24, 2.45) is 0 Å². The van der Waals surface area contributed by atoms with Crippen molar-refractivity contribution < 1.29 is 9.84 Å². The highest BCUT2D eigenvalue weighted by atomic mass is 16.5. The van der Waals surface area contributed by atoms with Gasteiger partial charge in [0, 0.05) is 38.3 Å². The molecular formula is C15H22N2O2. The molecule has 2 atom stereocenters. The van der Waals surface area contributed by atoms with E-state index in [1.54, 1.807) is 7.11 Å². The van der Waals surface area contributed by atoms with E-state index < -0.39 is 6.10 Å². The quantitative estimate of drug-likeness (QED) is 0.883. The Morgan fingerprint density at radius 2 is 2.00 bits per heavy atom. The van der Waals surface area contributed by atoms with Crippen molar-refractivity contribution in [1.29, 1.82) is 0 Å². The van der Waals surface area contributed by atoms with Crippen molar-refractivity contribution in [3.8, 4) is 5.75 Å². The average molecular weight is 262 g/mol. The number of rotatable bonds is 3. The van der Waals surface area contributed by atoms with E-state index in [-0.39, 0.29) is 6.04 Å². The fraction of sp³-hybridized carbons (Fsp3) is 0.600. The maximum atomic E-state index is 10.8. The van der Waals surface area contributed by atoms with Crippen LogP contribution in [0.2, 0.25) is 0 Å². The van der Waals surface area contributed by atoms with Crippen LogP contribution < -0.4 is 4.74 Å². The molecule has 3 aliphatic heterocycles. The minimum atomic E-state index is -0.474. The van der Waals surface area contributed by atoms with Crippen LogP contribution in [0, 0.1) is 6.92 Å². The van der Waals surface area contributed by atoms with Gasteiger partial charge in [-0.25, -0.2) is 0 Å². The molecule has 4 nitrogen and oxygen atoms in total. The molecule has 0 amide bonds. The number of aliphatic hydroxyl groups excluding tert-OH is 1. The summed E-state index contributed by atoms with van der Waals surface area (Å²) in [5.41, 5.74) is 2.08. The molecule has 0 spiro atoms. The molecule has 0 saturated carbocycles. The normalized spacial score (nSPS) is 31.2. The molecular weight excluding hydrogens is 240 g/mol. The van der Waals surface area contributed by atoms with Crippen molar-refractivity contribution in [2.75, 3.05) is 39.8 Å². The number of benzene rings is 1. The lowest BCUT2D eigenvalue weighted by molar-refractivity contribution is -0.0476. The maximum absolute atomic E-state index is 10.8. The molecule has 4 rings (SSSR count). The first-order valence-electron chi connectivity index (χ1n) is 6.98. The van der Waals surface area contributed by atoms with Gasteiger partial charge in [-0.1, -0.05) is 11.6 Å². The molecule has 2 unspecified atom stereocenters. The number of piperazine rings is 3. The second-order valence-electron chi connectivity index (χ2n) is 5.59. The first-order chi connectivity index (χ1) is 9.19. The van der Waals surface area contributed by atoms with E-state index in [1.165, 1.54) is 0 Å². The van der Waals surface area contributed by atoms with E-state index in [2.05, 4.69) is 9.80 Å². The van der Waals surface area contributed by atoms with E-state index >= 15 is 0 Å². The summed E-state index contributed by atoms with van der Waals surface area (Å²) in [6.45, 7) is 7.40. The van der Waals surface area contributed by atoms with Gasteiger partial charge in [-0.15, -0.1) is 0 Å². The molecule has 0 aliphatic carbocycles. The first-order valence-corrected chi connectivity index (χ1v) is 6.98. The highest BCUT2D eigenvalue weighted by molar-refractivity contribution is 5.39. The zero-order valence-electron chi connectivity index (χ0n) is 11.7. The summed E-state index contributed by atoms with van der Waals surface area (Å²) in [5, 5.41) is 10.8. The summed E-state index contributed by atoms with van der Waals surface area (Å²) in [5.74, 6) is 0.788. The molecule has 0 aromatic heterocycles. The number of methoxy groups -OCH3 is 1. The third kappa shape index (κ3) is 2.36. The Hall–Kier alpha value is -1.10. The molecule has 1 aromatic rings. The zero-order chi connectivity index (χ0) is 13.4. The van der Waals surface area contributed by atoms with Crippen LogP contribution in [0.15, 0.2) is 18.2 Å². The molecule has 3 aliphatic rings. The van der Waals surface area contributed by atoms with Gasteiger partial charge in [0.25, 0.3) is 0 Å². The smallest absolute Gasteiger partial charge is 0.124 e. The lowest BCUT2D eigenvalue weighted by atomic mass is 9.95. The number of aryl methyl sites for hydroxylation is 1. The number of aliphatic hydroxyl groups is 1. The highest BCUT2D eigenvalue weighted by Gasteiger charge is 2.37. The SMILES string of the molecule is COc1ccc(C)cc1C(O)C1CN2CCN1CC2. The summed E-state index contributed by atoms with van der Waals surface area (Å²) in [4.78, 5) is 4.85. The Morgan fingerprint density at radius 1 is 1.26 bits per heavy atom. The minimum Gasteiger partial charge on any atom is -0.496 e. The summed E-state index contributed by atoms with van der Waals surface area (Å²) in [6, 6.07) is 6.21. The van der Waals surface area contributed by atoms with Crippen LogP contribution in [0.1, 0.15) is 17.2 Å². The zero-order valence-corrected chi connectivity index (χ0v) is 11.7. The summed E-state index contributed by atoms with van der Waals surface area (Å²) in [7, 11) is 1.66. The van der Waals surface area contributed by atoms with Gasteiger partial charge in [-0.05, 0) is 19.1 Å². The fourth-order valence-corrected chi connectivity index (χ4v) is 3.25. The van der Waals surface area contributed by atoms with E-state index in [4.69, 9.17) is 4.74 Å². The van der Waals surface area contributed by atoms with Crippen LogP contribution in [0.5, 0.6) is 5.75 Å². The van der Waals surface area contributed by atoms with Crippen molar-refractivity contribution >= 4 is 0 Å². The van der Waals surface area contributed by atoms with Crippen LogP contribution in [0.3, 0.4) is 0 Å². The Morgan fingerprint density at radius 3 is 2.58 bits per heavy atom. The number of nitrogens with zero attached hydrogens (tertiary/aromatic N) is 2. The largest absolute Gasteiger partial charge is 0.496 e. The van der Waals surface area contributed by atoms with Gasteiger partial charge in [0.2, 0.25) is 0 Å². The minimum absolute atomic E-state index is 0.193. The monoisotopic (exact) mass is 262 g/mol. The molecule has 4 heteroatoms. The molecule has 3 fully saturated rings. The van der Waals surface area contributed by atoms with E-state index in [0.717, 1.165) is 49.6 Å². The molecule has 3 saturated heterocycles. The van der Waals surface area contributed by atoms with Gasteiger partial charge < -0.3 is 9.84 Å². The molecule has 3 heterocycles. The van der Waals surface area contributed by atoms with Crippen LogP contribution in [0.25, 0.3) is 0 Å². The van der Waals surface area contributed by atoms with Crippen molar-refractivity contribution in [3.05, 3.63) is 29.3 Å². The number of hydrogen-bond acceptors (Lipinski definition) is 4. The molecule has 104 valence electrons. The van der Waals surface area contributed by atoms with Crippen molar-refractivity contribution in [1.82, 2.24) is 9.80 Å². The molecule has 19 heavy (non-hydrogen) atoms. The fourth-order valence-electron chi connectivity index (χ4n) is 3.25. The second kappa shape index (κ2) is 5.12. The predicted octanol–water partition coefficient (Wildman–Crippen LogP) is 1.04. The third-order valence-corrected chi connectivity index (χ3v) is 4.39. The average Bonchev–Trinajstić information content (AvgIpc) is 2.47. The predicted molar refractivity (Wildman–Crippen MR) is 74.5 cm³/mol. The number of ether oxygens (including phenoxy) is 1. The molecule has 1 N–H and O–H groups in total. The highest BCUT2D eigenvalue weighted by Crippen LogP contribution is 2.33. The molecule has 2 bridgehead atoms. The van der Waals surface area contributed by atoms with Gasteiger partial charge >= 0.3 is 0 Å². The maximum Gasteiger partial charge on any atom is 0.124 e. The van der Waals surface area contributed by atoms with Crippen molar-refractivity contribution in [3.63, 3.8) is 0 Å². The lowest BCUT2D eigenvalue weighted by Gasteiger charge is -2.49. The van der Waals surface area contributed by atoms with Gasteiger partial charge in [0.15, 0.2) is 0 Å². The van der Waals surface area contributed by atoms with Crippen LogP contribution in [-0.2, 0) is 0 Å². The Labute approximate surface area is 114 Å².